The second-order valence-corrected chi connectivity index (χ2v) is 4.58. The SMILES string of the molecule is O=C1NC(=O)/C(=C/c2ccc(-c3ccoc3)o2)S1. The average Bonchev–Trinajstić information content (AvgIpc) is 3.02. The maximum atomic E-state index is 11.3. The van der Waals surface area contributed by atoms with E-state index < -0.39 is 5.91 Å². The van der Waals surface area contributed by atoms with Gasteiger partial charge < -0.3 is 8.83 Å². The maximum Gasteiger partial charge on any atom is 0.290 e. The predicted octanol–water partition coefficient (Wildman–Crippen LogP) is 2.86. The van der Waals surface area contributed by atoms with E-state index in [4.69, 9.17) is 8.83 Å². The number of rotatable bonds is 2. The van der Waals surface area contributed by atoms with Gasteiger partial charge in [0, 0.05) is 6.08 Å². The molecular weight excluding hydrogens is 254 g/mol. The lowest BCUT2D eigenvalue weighted by atomic mass is 10.3. The number of thioether (sulfide) groups is 1. The van der Waals surface area contributed by atoms with E-state index in [2.05, 4.69) is 5.32 Å². The summed E-state index contributed by atoms with van der Waals surface area (Å²) in [5.41, 5.74) is 0.819. The summed E-state index contributed by atoms with van der Waals surface area (Å²) in [6.07, 6.45) is 4.65. The molecule has 1 saturated heterocycles. The summed E-state index contributed by atoms with van der Waals surface area (Å²) in [5.74, 6) is 0.759. The monoisotopic (exact) mass is 261 g/mol. The van der Waals surface area contributed by atoms with Crippen LogP contribution in [0, 0.1) is 0 Å². The van der Waals surface area contributed by atoms with Crippen LogP contribution in [-0.4, -0.2) is 11.1 Å². The molecular formula is C12H7NO4S. The van der Waals surface area contributed by atoms with E-state index in [-0.39, 0.29) is 5.24 Å². The van der Waals surface area contributed by atoms with E-state index in [0.29, 0.717) is 16.4 Å². The first-order chi connectivity index (χ1) is 8.72. The number of amides is 2. The minimum atomic E-state index is -0.397. The number of imide groups is 1. The highest BCUT2D eigenvalue weighted by atomic mass is 32.2. The van der Waals surface area contributed by atoms with Crippen LogP contribution in [0.2, 0.25) is 0 Å². The Morgan fingerprint density at radius 1 is 1.22 bits per heavy atom. The highest BCUT2D eigenvalue weighted by Crippen LogP contribution is 2.28. The minimum absolute atomic E-state index is 0.327. The molecule has 0 saturated carbocycles. The van der Waals surface area contributed by atoms with Crippen molar-refractivity contribution in [3.8, 4) is 11.3 Å². The molecule has 1 aliphatic heterocycles. The Morgan fingerprint density at radius 2 is 2.11 bits per heavy atom. The van der Waals surface area contributed by atoms with Gasteiger partial charge in [0.1, 0.15) is 17.8 Å². The van der Waals surface area contributed by atoms with Crippen molar-refractivity contribution in [3.63, 3.8) is 0 Å². The van der Waals surface area contributed by atoms with Gasteiger partial charge >= 0.3 is 0 Å². The van der Waals surface area contributed by atoms with Crippen molar-refractivity contribution in [2.45, 2.75) is 0 Å². The fourth-order valence-corrected chi connectivity index (χ4v) is 2.20. The Labute approximate surface area is 106 Å². The fraction of sp³-hybridized carbons (Fsp3) is 0. The second kappa shape index (κ2) is 4.23. The van der Waals surface area contributed by atoms with Crippen LogP contribution in [0.3, 0.4) is 0 Å². The third-order valence-corrected chi connectivity index (χ3v) is 3.16. The topological polar surface area (TPSA) is 72.5 Å². The molecule has 90 valence electrons. The number of carbonyl (C=O) groups is 2. The Morgan fingerprint density at radius 3 is 2.78 bits per heavy atom. The van der Waals surface area contributed by atoms with Crippen LogP contribution < -0.4 is 5.32 Å². The highest BCUT2D eigenvalue weighted by molar-refractivity contribution is 8.18. The maximum absolute atomic E-state index is 11.3. The van der Waals surface area contributed by atoms with Crippen LogP contribution in [0.4, 0.5) is 4.79 Å². The predicted molar refractivity (Wildman–Crippen MR) is 65.5 cm³/mol. The lowest BCUT2D eigenvalue weighted by Gasteiger charge is -1.90. The molecule has 3 rings (SSSR count). The van der Waals surface area contributed by atoms with Gasteiger partial charge in [-0.05, 0) is 30.0 Å². The molecule has 0 aliphatic carbocycles. The molecule has 0 aromatic carbocycles. The molecule has 3 heterocycles. The zero-order chi connectivity index (χ0) is 12.5. The van der Waals surface area contributed by atoms with E-state index in [1.54, 1.807) is 30.7 Å². The Kier molecular flexibility index (Phi) is 2.56. The van der Waals surface area contributed by atoms with Crippen LogP contribution in [-0.2, 0) is 4.79 Å². The average molecular weight is 261 g/mol. The summed E-state index contributed by atoms with van der Waals surface area (Å²) in [6.45, 7) is 0. The van der Waals surface area contributed by atoms with Gasteiger partial charge in [-0.25, -0.2) is 0 Å². The standard InChI is InChI=1S/C12H7NO4S/c14-11-10(18-12(15)13-11)5-8-1-2-9(17-8)7-3-4-16-6-7/h1-6H,(H,13,14,15)/b10-5-. The van der Waals surface area contributed by atoms with Crippen LogP contribution >= 0.6 is 11.8 Å². The molecule has 1 N–H and O–H groups in total. The molecule has 0 bridgehead atoms. The third-order valence-electron chi connectivity index (χ3n) is 2.35. The lowest BCUT2D eigenvalue weighted by Crippen LogP contribution is -2.17. The molecule has 18 heavy (non-hydrogen) atoms. The van der Waals surface area contributed by atoms with E-state index in [9.17, 15) is 9.59 Å². The van der Waals surface area contributed by atoms with Crippen molar-refractivity contribution < 1.29 is 18.4 Å². The van der Waals surface area contributed by atoms with Crippen molar-refractivity contribution in [3.05, 3.63) is 41.4 Å². The van der Waals surface area contributed by atoms with Gasteiger partial charge in [0.15, 0.2) is 0 Å². The number of hydrogen-bond acceptors (Lipinski definition) is 5. The number of furan rings is 2. The first-order valence-electron chi connectivity index (χ1n) is 5.09. The lowest BCUT2D eigenvalue weighted by molar-refractivity contribution is -0.115. The number of carbonyl (C=O) groups excluding carboxylic acids is 2. The van der Waals surface area contributed by atoms with Crippen molar-refractivity contribution in [1.82, 2.24) is 5.32 Å². The summed E-state index contributed by atoms with van der Waals surface area (Å²) in [4.78, 5) is 22.7. The molecule has 1 aliphatic rings. The Balaban J connectivity index is 1.88. The third kappa shape index (κ3) is 1.98. The molecule has 0 atom stereocenters. The van der Waals surface area contributed by atoms with Gasteiger partial charge in [-0.3, -0.25) is 14.9 Å². The van der Waals surface area contributed by atoms with Crippen LogP contribution in [0.25, 0.3) is 17.4 Å². The van der Waals surface area contributed by atoms with Crippen molar-refractivity contribution in [2.24, 2.45) is 0 Å². The zero-order valence-corrected chi connectivity index (χ0v) is 9.82. The molecule has 2 aromatic heterocycles. The summed E-state index contributed by atoms with van der Waals surface area (Å²) in [7, 11) is 0. The number of nitrogens with one attached hydrogen (secondary N) is 1. The molecule has 0 spiro atoms. The summed E-state index contributed by atoms with van der Waals surface area (Å²) >= 11 is 0.858. The van der Waals surface area contributed by atoms with Crippen molar-refractivity contribution >= 4 is 29.0 Å². The summed E-state index contributed by atoms with van der Waals surface area (Å²) < 4.78 is 10.5. The summed E-state index contributed by atoms with van der Waals surface area (Å²) in [6, 6.07) is 5.28. The van der Waals surface area contributed by atoms with Crippen LogP contribution in [0.15, 0.2) is 44.5 Å². The zero-order valence-electron chi connectivity index (χ0n) is 9.01. The van der Waals surface area contributed by atoms with Gasteiger partial charge in [0.2, 0.25) is 0 Å². The molecule has 2 amide bonds. The van der Waals surface area contributed by atoms with Crippen molar-refractivity contribution in [2.75, 3.05) is 0 Å². The molecule has 5 nitrogen and oxygen atoms in total. The normalized spacial score (nSPS) is 17.4. The van der Waals surface area contributed by atoms with E-state index >= 15 is 0 Å². The largest absolute Gasteiger partial charge is 0.472 e. The van der Waals surface area contributed by atoms with Crippen LogP contribution in [0.5, 0.6) is 0 Å². The van der Waals surface area contributed by atoms with Gasteiger partial charge in [0.25, 0.3) is 11.1 Å². The first kappa shape index (κ1) is 10.9. The van der Waals surface area contributed by atoms with E-state index in [0.717, 1.165) is 17.3 Å². The van der Waals surface area contributed by atoms with Gasteiger partial charge in [-0.2, -0.15) is 0 Å². The molecule has 2 aromatic rings. The molecule has 0 unspecified atom stereocenters. The molecule has 1 fully saturated rings. The summed E-state index contributed by atoms with van der Waals surface area (Å²) in [5, 5.41) is 1.81. The highest BCUT2D eigenvalue weighted by Gasteiger charge is 2.25. The Hall–Kier alpha value is -2.21. The molecule has 0 radical (unpaired) electrons. The minimum Gasteiger partial charge on any atom is -0.472 e. The van der Waals surface area contributed by atoms with E-state index in [1.807, 2.05) is 0 Å². The first-order valence-corrected chi connectivity index (χ1v) is 5.91. The fourth-order valence-electron chi connectivity index (χ4n) is 1.54. The quantitative estimate of drug-likeness (QED) is 0.841. The Bertz CT molecular complexity index is 639. The van der Waals surface area contributed by atoms with Gasteiger partial charge in [-0.1, -0.05) is 0 Å². The van der Waals surface area contributed by atoms with Crippen molar-refractivity contribution in [1.29, 1.82) is 0 Å². The molecule has 6 heteroatoms. The second-order valence-electron chi connectivity index (χ2n) is 3.57. The smallest absolute Gasteiger partial charge is 0.290 e. The van der Waals surface area contributed by atoms with Gasteiger partial charge in [-0.15, -0.1) is 0 Å². The van der Waals surface area contributed by atoms with E-state index in [1.165, 1.54) is 6.08 Å². The van der Waals surface area contributed by atoms with Gasteiger partial charge in [0.05, 0.1) is 16.7 Å². The van der Waals surface area contributed by atoms with Crippen LogP contribution in [0.1, 0.15) is 5.76 Å². The number of hydrogen-bond donors (Lipinski definition) is 1.